The van der Waals surface area contributed by atoms with Crippen LogP contribution in [0.15, 0.2) is 23.5 Å². The summed E-state index contributed by atoms with van der Waals surface area (Å²) in [5.41, 5.74) is 0. The first-order valence-electron chi connectivity index (χ1n) is 6.64. The van der Waals surface area contributed by atoms with Crippen LogP contribution in [0.5, 0.6) is 0 Å². The minimum absolute atomic E-state index is 0.718. The van der Waals surface area contributed by atoms with Crippen LogP contribution in [0.25, 0.3) is 0 Å². The first kappa shape index (κ1) is 14.5. The van der Waals surface area contributed by atoms with Crippen LogP contribution in [0.3, 0.4) is 0 Å². The van der Waals surface area contributed by atoms with E-state index < -0.39 is 0 Å². The average Bonchev–Trinajstić information content (AvgIpc) is 2.84. The van der Waals surface area contributed by atoms with Crippen molar-refractivity contribution in [2.45, 2.75) is 33.2 Å². The highest BCUT2D eigenvalue weighted by atomic mass is 15.3. The van der Waals surface area contributed by atoms with Crippen LogP contribution < -0.4 is 10.6 Å². The van der Waals surface area contributed by atoms with E-state index in [1.165, 1.54) is 0 Å². The Morgan fingerprint density at radius 2 is 2.11 bits per heavy atom. The summed E-state index contributed by atoms with van der Waals surface area (Å²) in [5.74, 6) is 1.60. The zero-order valence-corrected chi connectivity index (χ0v) is 11.7. The number of hydrogen-bond donors (Lipinski definition) is 2. The zero-order valence-electron chi connectivity index (χ0n) is 11.7. The van der Waals surface area contributed by atoms with Crippen LogP contribution >= 0.6 is 0 Å². The molecule has 102 valence electrons. The van der Waals surface area contributed by atoms with E-state index in [2.05, 4.69) is 34.6 Å². The Kier molecular flexibility index (Phi) is 6.91. The third-order valence-electron chi connectivity index (χ3n) is 2.65. The largest absolute Gasteiger partial charge is 0.356 e. The van der Waals surface area contributed by atoms with Gasteiger partial charge in [-0.3, -0.25) is 9.67 Å². The molecule has 1 rings (SSSR count). The molecule has 0 atom stereocenters. The highest BCUT2D eigenvalue weighted by molar-refractivity contribution is 5.79. The fourth-order valence-corrected chi connectivity index (χ4v) is 1.58. The SMILES string of the molecule is CN=C(NCCCn1cccn1)NCCC(C)C. The Morgan fingerprint density at radius 1 is 1.33 bits per heavy atom. The van der Waals surface area contributed by atoms with Crippen LogP contribution in [0.1, 0.15) is 26.7 Å². The van der Waals surface area contributed by atoms with Crippen molar-refractivity contribution in [3.63, 3.8) is 0 Å². The summed E-state index contributed by atoms with van der Waals surface area (Å²) in [6.07, 6.45) is 5.98. The number of rotatable bonds is 7. The molecule has 18 heavy (non-hydrogen) atoms. The zero-order chi connectivity index (χ0) is 13.2. The van der Waals surface area contributed by atoms with Gasteiger partial charge in [-0.2, -0.15) is 5.10 Å². The molecule has 0 unspecified atom stereocenters. The van der Waals surface area contributed by atoms with E-state index in [0.29, 0.717) is 0 Å². The van der Waals surface area contributed by atoms with Crippen molar-refractivity contribution in [1.82, 2.24) is 20.4 Å². The Bertz CT molecular complexity index is 329. The summed E-state index contributed by atoms with van der Waals surface area (Å²) < 4.78 is 1.94. The highest BCUT2D eigenvalue weighted by Gasteiger charge is 1.98. The Balaban J connectivity index is 2.08. The lowest BCUT2D eigenvalue weighted by molar-refractivity contribution is 0.559. The summed E-state index contributed by atoms with van der Waals surface area (Å²) in [5, 5.41) is 10.8. The van der Waals surface area contributed by atoms with Gasteiger partial charge in [0.1, 0.15) is 0 Å². The molecule has 2 N–H and O–H groups in total. The van der Waals surface area contributed by atoms with Gasteiger partial charge >= 0.3 is 0 Å². The maximum absolute atomic E-state index is 4.19. The number of aliphatic imine (C=N–C) groups is 1. The predicted molar refractivity (Wildman–Crippen MR) is 75.7 cm³/mol. The Labute approximate surface area is 110 Å². The summed E-state index contributed by atoms with van der Waals surface area (Å²) in [7, 11) is 1.80. The number of nitrogens with zero attached hydrogens (tertiary/aromatic N) is 3. The molecule has 0 aliphatic rings. The van der Waals surface area contributed by atoms with Crippen LogP contribution in [0, 0.1) is 5.92 Å². The summed E-state index contributed by atoms with van der Waals surface area (Å²) in [4.78, 5) is 4.19. The second kappa shape index (κ2) is 8.55. The molecule has 0 radical (unpaired) electrons. The van der Waals surface area contributed by atoms with Gasteiger partial charge in [0.05, 0.1) is 0 Å². The second-order valence-electron chi connectivity index (χ2n) is 4.73. The summed E-state index contributed by atoms with van der Waals surface area (Å²) in [6.45, 7) is 7.25. The summed E-state index contributed by atoms with van der Waals surface area (Å²) >= 11 is 0. The van der Waals surface area contributed by atoms with E-state index in [0.717, 1.165) is 44.4 Å². The van der Waals surface area contributed by atoms with Crippen molar-refractivity contribution < 1.29 is 0 Å². The summed E-state index contributed by atoms with van der Waals surface area (Å²) in [6, 6.07) is 1.94. The fraction of sp³-hybridized carbons (Fsp3) is 0.692. The third kappa shape index (κ3) is 6.27. The van der Waals surface area contributed by atoms with Gasteiger partial charge in [-0.05, 0) is 24.8 Å². The Morgan fingerprint density at radius 3 is 2.72 bits per heavy atom. The van der Waals surface area contributed by atoms with Crippen LogP contribution in [0.4, 0.5) is 0 Å². The van der Waals surface area contributed by atoms with Gasteiger partial charge < -0.3 is 10.6 Å². The minimum atomic E-state index is 0.718. The van der Waals surface area contributed by atoms with Crippen LogP contribution in [0.2, 0.25) is 0 Å². The van der Waals surface area contributed by atoms with Gasteiger partial charge in [0.2, 0.25) is 0 Å². The molecule has 0 fully saturated rings. The monoisotopic (exact) mass is 251 g/mol. The van der Waals surface area contributed by atoms with Crippen LogP contribution in [-0.4, -0.2) is 35.9 Å². The first-order chi connectivity index (χ1) is 8.72. The molecule has 0 saturated heterocycles. The molecule has 0 aromatic carbocycles. The lowest BCUT2D eigenvalue weighted by atomic mass is 10.1. The van der Waals surface area contributed by atoms with Crippen molar-refractivity contribution in [3.05, 3.63) is 18.5 Å². The molecule has 0 amide bonds. The molecule has 5 nitrogen and oxygen atoms in total. The molecule has 1 heterocycles. The maximum atomic E-state index is 4.19. The maximum Gasteiger partial charge on any atom is 0.190 e. The number of hydrogen-bond acceptors (Lipinski definition) is 2. The molecular formula is C13H25N5. The molecule has 5 heteroatoms. The normalized spacial score (nSPS) is 11.9. The topological polar surface area (TPSA) is 54.2 Å². The van der Waals surface area contributed by atoms with E-state index in [1.807, 2.05) is 16.9 Å². The molecule has 1 aromatic rings. The lowest BCUT2D eigenvalue weighted by Gasteiger charge is -2.12. The molecule has 0 bridgehead atoms. The number of aromatic nitrogens is 2. The minimum Gasteiger partial charge on any atom is -0.356 e. The van der Waals surface area contributed by atoms with Gasteiger partial charge in [-0.25, -0.2) is 0 Å². The van der Waals surface area contributed by atoms with Gasteiger partial charge in [0.15, 0.2) is 5.96 Å². The van der Waals surface area contributed by atoms with Gasteiger partial charge in [-0.1, -0.05) is 13.8 Å². The number of guanidine groups is 1. The van der Waals surface area contributed by atoms with Gasteiger partial charge in [0, 0.05) is 39.1 Å². The van der Waals surface area contributed by atoms with Crippen molar-refractivity contribution in [1.29, 1.82) is 0 Å². The molecule has 0 spiro atoms. The van der Waals surface area contributed by atoms with E-state index in [-0.39, 0.29) is 0 Å². The average molecular weight is 251 g/mol. The van der Waals surface area contributed by atoms with E-state index >= 15 is 0 Å². The smallest absolute Gasteiger partial charge is 0.190 e. The van der Waals surface area contributed by atoms with Crippen molar-refractivity contribution >= 4 is 5.96 Å². The van der Waals surface area contributed by atoms with Gasteiger partial charge in [0.25, 0.3) is 0 Å². The lowest BCUT2D eigenvalue weighted by Crippen LogP contribution is -2.38. The molecule has 0 saturated carbocycles. The molecular weight excluding hydrogens is 226 g/mol. The van der Waals surface area contributed by atoms with E-state index in [9.17, 15) is 0 Å². The highest BCUT2D eigenvalue weighted by Crippen LogP contribution is 1.96. The predicted octanol–water partition coefficient (Wildman–Crippen LogP) is 1.48. The Hall–Kier alpha value is -1.52. The van der Waals surface area contributed by atoms with E-state index in [4.69, 9.17) is 0 Å². The van der Waals surface area contributed by atoms with Crippen molar-refractivity contribution in [2.24, 2.45) is 10.9 Å². The van der Waals surface area contributed by atoms with Crippen molar-refractivity contribution in [3.8, 4) is 0 Å². The molecule has 0 aliphatic carbocycles. The van der Waals surface area contributed by atoms with Gasteiger partial charge in [-0.15, -0.1) is 0 Å². The quantitative estimate of drug-likeness (QED) is 0.438. The van der Waals surface area contributed by atoms with Crippen molar-refractivity contribution in [2.75, 3.05) is 20.1 Å². The second-order valence-corrected chi connectivity index (χ2v) is 4.73. The third-order valence-corrected chi connectivity index (χ3v) is 2.65. The molecule has 0 aliphatic heterocycles. The molecule has 1 aromatic heterocycles. The van der Waals surface area contributed by atoms with E-state index in [1.54, 1.807) is 13.2 Å². The fourth-order valence-electron chi connectivity index (χ4n) is 1.58. The standard InChI is InChI=1S/C13H25N5/c1-12(2)6-9-16-13(14-3)15-7-4-10-18-11-5-8-17-18/h5,8,11-12H,4,6-7,9-10H2,1-3H3,(H2,14,15,16). The number of aryl methyl sites for hydroxylation is 1. The van der Waals surface area contributed by atoms with Crippen LogP contribution in [-0.2, 0) is 6.54 Å². The number of nitrogens with one attached hydrogen (secondary N) is 2. The first-order valence-corrected chi connectivity index (χ1v) is 6.64.